The van der Waals surface area contributed by atoms with Gasteiger partial charge in [0, 0.05) is 39.3 Å². The maximum atomic E-state index is 12.5. The van der Waals surface area contributed by atoms with Crippen LogP contribution in [-0.2, 0) is 5.54 Å². The molecule has 0 aromatic heterocycles. The van der Waals surface area contributed by atoms with Crippen LogP contribution in [-0.4, -0.2) is 60.3 Å². The first-order chi connectivity index (χ1) is 10.9. The highest BCUT2D eigenvalue weighted by Crippen LogP contribution is 2.21. The molecule has 23 heavy (non-hydrogen) atoms. The largest absolute Gasteiger partial charge is 0.396 e. The van der Waals surface area contributed by atoms with Gasteiger partial charge in [-0.05, 0) is 32.8 Å². The minimum absolute atomic E-state index is 0.00242. The van der Waals surface area contributed by atoms with Gasteiger partial charge in [-0.15, -0.1) is 0 Å². The van der Waals surface area contributed by atoms with Crippen LogP contribution in [0.4, 0.5) is 4.79 Å². The van der Waals surface area contributed by atoms with Crippen molar-refractivity contribution < 1.29 is 9.90 Å². The second-order valence-corrected chi connectivity index (χ2v) is 6.83. The molecule has 0 unspecified atom stereocenters. The number of carbonyl (C=O) groups is 1. The molecule has 1 aliphatic heterocycles. The molecule has 0 saturated carbocycles. The number of aliphatic hydroxyl groups is 1. The molecule has 2 amide bonds. The first-order valence-electron chi connectivity index (χ1n) is 8.40. The molecule has 5 heteroatoms. The van der Waals surface area contributed by atoms with Gasteiger partial charge in [0.1, 0.15) is 0 Å². The lowest BCUT2D eigenvalue weighted by molar-refractivity contribution is 0.127. The van der Waals surface area contributed by atoms with E-state index in [-0.39, 0.29) is 12.6 Å². The van der Waals surface area contributed by atoms with Gasteiger partial charge in [-0.25, -0.2) is 4.79 Å². The molecule has 1 fully saturated rings. The van der Waals surface area contributed by atoms with E-state index >= 15 is 0 Å². The molecule has 1 saturated heterocycles. The highest BCUT2D eigenvalue weighted by molar-refractivity contribution is 5.75. The van der Waals surface area contributed by atoms with Crippen LogP contribution in [0.25, 0.3) is 0 Å². The van der Waals surface area contributed by atoms with Gasteiger partial charge in [0.25, 0.3) is 0 Å². The van der Waals surface area contributed by atoms with E-state index in [2.05, 4.69) is 41.4 Å². The monoisotopic (exact) mass is 319 g/mol. The van der Waals surface area contributed by atoms with Gasteiger partial charge < -0.3 is 15.3 Å². The molecule has 0 radical (unpaired) electrons. The predicted octanol–water partition coefficient (Wildman–Crippen LogP) is 1.94. The molecule has 2 N–H and O–H groups in total. The number of aryl methyl sites for hydroxylation is 1. The third-order valence-electron chi connectivity index (χ3n) is 4.48. The number of hydrogen-bond acceptors (Lipinski definition) is 3. The van der Waals surface area contributed by atoms with E-state index in [9.17, 15) is 4.79 Å². The Balaban J connectivity index is 1.88. The van der Waals surface area contributed by atoms with Gasteiger partial charge in [0.05, 0.1) is 5.54 Å². The minimum Gasteiger partial charge on any atom is -0.396 e. The van der Waals surface area contributed by atoms with E-state index in [0.29, 0.717) is 0 Å². The summed E-state index contributed by atoms with van der Waals surface area (Å²) in [7, 11) is 0. The third-order valence-corrected chi connectivity index (χ3v) is 4.48. The van der Waals surface area contributed by atoms with Crippen molar-refractivity contribution in [3.63, 3.8) is 0 Å². The van der Waals surface area contributed by atoms with Crippen molar-refractivity contribution in [3.8, 4) is 0 Å². The fraction of sp³-hybridized carbons (Fsp3) is 0.611. The number of hydrogen-bond donors (Lipinski definition) is 2. The highest BCUT2D eigenvalue weighted by atomic mass is 16.3. The summed E-state index contributed by atoms with van der Waals surface area (Å²) in [4.78, 5) is 16.7. The van der Waals surface area contributed by atoms with Crippen LogP contribution in [0.3, 0.4) is 0 Å². The Morgan fingerprint density at radius 1 is 1.17 bits per heavy atom. The number of urea groups is 1. The molecule has 2 rings (SSSR count). The summed E-state index contributed by atoms with van der Waals surface area (Å²) in [6, 6.07) is 8.29. The smallest absolute Gasteiger partial charge is 0.318 e. The van der Waals surface area contributed by atoms with Crippen LogP contribution in [0, 0.1) is 6.92 Å². The van der Waals surface area contributed by atoms with E-state index in [1.54, 1.807) is 0 Å². The van der Waals surface area contributed by atoms with Crippen molar-refractivity contribution in [1.29, 1.82) is 0 Å². The Hall–Kier alpha value is -1.59. The number of amides is 2. The normalized spacial score (nSPS) is 16.4. The number of rotatable bonds is 5. The number of aliphatic hydroxyl groups excluding tert-OH is 1. The number of carbonyl (C=O) groups excluding carboxylic acids is 1. The van der Waals surface area contributed by atoms with Crippen molar-refractivity contribution in [1.82, 2.24) is 15.1 Å². The summed E-state index contributed by atoms with van der Waals surface area (Å²) < 4.78 is 0. The molecular formula is C18H29N3O2. The average molecular weight is 319 g/mol. The Morgan fingerprint density at radius 3 is 2.35 bits per heavy atom. The molecule has 5 nitrogen and oxygen atoms in total. The molecule has 0 aliphatic carbocycles. The van der Waals surface area contributed by atoms with Crippen LogP contribution >= 0.6 is 0 Å². The van der Waals surface area contributed by atoms with E-state index < -0.39 is 5.54 Å². The summed E-state index contributed by atoms with van der Waals surface area (Å²) in [5, 5.41) is 12.0. The summed E-state index contributed by atoms with van der Waals surface area (Å²) in [5.74, 6) is 0. The maximum Gasteiger partial charge on any atom is 0.318 e. The topological polar surface area (TPSA) is 55.8 Å². The molecule has 128 valence electrons. The van der Waals surface area contributed by atoms with Gasteiger partial charge in [-0.1, -0.05) is 29.8 Å². The van der Waals surface area contributed by atoms with Crippen LogP contribution in [0.5, 0.6) is 0 Å². The van der Waals surface area contributed by atoms with Crippen LogP contribution in [0.15, 0.2) is 24.3 Å². The van der Waals surface area contributed by atoms with Crippen molar-refractivity contribution in [2.45, 2.75) is 32.7 Å². The quantitative estimate of drug-likeness (QED) is 0.872. The summed E-state index contributed by atoms with van der Waals surface area (Å²) in [6.45, 7) is 10.5. The Morgan fingerprint density at radius 2 is 1.78 bits per heavy atom. The van der Waals surface area contributed by atoms with Gasteiger partial charge in [-0.2, -0.15) is 0 Å². The standard InChI is InChI=1S/C18H29N3O2/c1-15-5-7-16(8-6-15)18(2,3)19-17(23)21-12-10-20(11-13-21)9-4-14-22/h5-8,22H,4,9-14H2,1-3H3,(H,19,23). The van der Waals surface area contributed by atoms with E-state index in [0.717, 1.165) is 44.7 Å². The summed E-state index contributed by atoms with van der Waals surface area (Å²) in [5.41, 5.74) is 1.94. The number of piperazine rings is 1. The first kappa shape index (κ1) is 17.8. The highest BCUT2D eigenvalue weighted by Gasteiger charge is 2.27. The van der Waals surface area contributed by atoms with Crippen LogP contribution in [0.1, 0.15) is 31.4 Å². The Bertz CT molecular complexity index is 506. The SMILES string of the molecule is Cc1ccc(C(C)(C)NC(=O)N2CCN(CCCO)CC2)cc1. The predicted molar refractivity (Wildman–Crippen MR) is 92.5 cm³/mol. The maximum absolute atomic E-state index is 12.5. The Kier molecular flexibility index (Phi) is 6.02. The van der Waals surface area contributed by atoms with Crippen molar-refractivity contribution >= 4 is 6.03 Å². The van der Waals surface area contributed by atoms with E-state index in [4.69, 9.17) is 5.11 Å². The number of nitrogens with zero attached hydrogens (tertiary/aromatic N) is 2. The van der Waals surface area contributed by atoms with Crippen molar-refractivity contribution in [2.75, 3.05) is 39.3 Å². The molecule has 1 heterocycles. The molecule has 1 aliphatic rings. The first-order valence-corrected chi connectivity index (χ1v) is 8.40. The molecule has 1 aromatic carbocycles. The lowest BCUT2D eigenvalue weighted by Crippen LogP contribution is -2.55. The molecule has 1 aromatic rings. The number of nitrogens with one attached hydrogen (secondary N) is 1. The van der Waals surface area contributed by atoms with Gasteiger partial charge in [0.2, 0.25) is 0 Å². The lowest BCUT2D eigenvalue weighted by atomic mass is 9.94. The van der Waals surface area contributed by atoms with Crippen molar-refractivity contribution in [3.05, 3.63) is 35.4 Å². The molecule has 0 bridgehead atoms. The third kappa shape index (κ3) is 4.94. The van der Waals surface area contributed by atoms with Crippen LogP contribution < -0.4 is 5.32 Å². The second kappa shape index (κ2) is 7.79. The second-order valence-electron chi connectivity index (χ2n) is 6.83. The van der Waals surface area contributed by atoms with E-state index in [1.807, 2.05) is 18.7 Å². The molecule has 0 atom stereocenters. The number of benzene rings is 1. The lowest BCUT2D eigenvalue weighted by Gasteiger charge is -2.37. The zero-order chi connectivity index (χ0) is 16.9. The zero-order valence-corrected chi connectivity index (χ0v) is 14.5. The van der Waals surface area contributed by atoms with Crippen LogP contribution in [0.2, 0.25) is 0 Å². The average Bonchev–Trinajstić information content (AvgIpc) is 2.53. The van der Waals surface area contributed by atoms with Crippen molar-refractivity contribution in [2.24, 2.45) is 0 Å². The molecule has 0 spiro atoms. The summed E-state index contributed by atoms with van der Waals surface area (Å²) in [6.07, 6.45) is 0.798. The van der Waals surface area contributed by atoms with Gasteiger partial charge >= 0.3 is 6.03 Å². The fourth-order valence-corrected chi connectivity index (χ4v) is 2.86. The van der Waals surface area contributed by atoms with Gasteiger partial charge in [-0.3, -0.25) is 4.90 Å². The Labute approximate surface area is 139 Å². The van der Waals surface area contributed by atoms with Gasteiger partial charge in [0.15, 0.2) is 0 Å². The van der Waals surface area contributed by atoms with E-state index in [1.165, 1.54) is 5.56 Å². The fourth-order valence-electron chi connectivity index (χ4n) is 2.86. The summed E-state index contributed by atoms with van der Waals surface area (Å²) >= 11 is 0. The molecular weight excluding hydrogens is 290 g/mol. The minimum atomic E-state index is -0.390. The zero-order valence-electron chi connectivity index (χ0n) is 14.5.